The average molecular weight is 239 g/mol. The van der Waals surface area contributed by atoms with Gasteiger partial charge < -0.3 is 0 Å². The summed E-state index contributed by atoms with van der Waals surface area (Å²) in [4.78, 5) is 5.36. The van der Waals surface area contributed by atoms with Crippen LogP contribution in [-0.4, -0.2) is 6.54 Å². The summed E-state index contributed by atoms with van der Waals surface area (Å²) in [5.74, 6) is 0. The largest absolute Gasteiger partial charge is 0.297 e. The molecule has 0 bridgehead atoms. The minimum Gasteiger partial charge on any atom is -0.297 e. The summed E-state index contributed by atoms with van der Waals surface area (Å²) in [5, 5.41) is 0. The zero-order valence-electron chi connectivity index (χ0n) is 10.3. The number of hydroxylamine groups is 1. The van der Waals surface area contributed by atoms with E-state index >= 15 is 0 Å². The van der Waals surface area contributed by atoms with Crippen LogP contribution in [0.4, 0.5) is 0 Å². The van der Waals surface area contributed by atoms with Crippen LogP contribution >= 0.6 is 0 Å². The fourth-order valence-electron chi connectivity index (χ4n) is 1.57. The second kappa shape index (κ2) is 7.43. The first-order chi connectivity index (χ1) is 8.95. The predicted octanol–water partition coefficient (Wildman–Crippen LogP) is 3.42. The third-order valence-corrected chi connectivity index (χ3v) is 2.49. The van der Waals surface area contributed by atoms with Crippen molar-refractivity contribution in [1.82, 2.24) is 5.48 Å². The Morgan fingerprint density at radius 2 is 1.56 bits per heavy atom. The second-order valence-electron chi connectivity index (χ2n) is 3.94. The minimum atomic E-state index is 0.583. The molecule has 0 aliphatic rings. The van der Waals surface area contributed by atoms with E-state index in [0.717, 1.165) is 5.56 Å². The van der Waals surface area contributed by atoms with Gasteiger partial charge >= 0.3 is 0 Å². The van der Waals surface area contributed by atoms with Gasteiger partial charge in [-0.15, -0.1) is 0 Å². The van der Waals surface area contributed by atoms with E-state index in [1.54, 1.807) is 0 Å². The fourth-order valence-corrected chi connectivity index (χ4v) is 1.57. The van der Waals surface area contributed by atoms with E-state index in [0.29, 0.717) is 13.2 Å². The molecule has 18 heavy (non-hydrogen) atoms. The number of hydrogen-bond donors (Lipinski definition) is 1. The standard InChI is InChI=1S/C16H17NO/c1-3-8-15(9-4-1)12-7-13-17-18-14-16-10-5-2-6-11-16/h1-12,17H,13-14H2. The Labute approximate surface area is 108 Å². The van der Waals surface area contributed by atoms with Crippen LogP contribution < -0.4 is 5.48 Å². The summed E-state index contributed by atoms with van der Waals surface area (Å²) in [6.45, 7) is 1.28. The number of nitrogens with one attached hydrogen (secondary N) is 1. The minimum absolute atomic E-state index is 0.583. The Hall–Kier alpha value is -1.90. The maximum atomic E-state index is 5.36. The van der Waals surface area contributed by atoms with Gasteiger partial charge in [-0.2, -0.15) is 5.48 Å². The lowest BCUT2D eigenvalue weighted by Gasteiger charge is -2.03. The highest BCUT2D eigenvalue weighted by Gasteiger charge is 1.89. The summed E-state index contributed by atoms with van der Waals surface area (Å²) in [7, 11) is 0. The highest BCUT2D eigenvalue weighted by molar-refractivity contribution is 5.48. The van der Waals surface area contributed by atoms with Crippen molar-refractivity contribution in [1.29, 1.82) is 0 Å². The highest BCUT2D eigenvalue weighted by atomic mass is 16.6. The third kappa shape index (κ3) is 4.53. The van der Waals surface area contributed by atoms with E-state index in [4.69, 9.17) is 4.84 Å². The Morgan fingerprint density at radius 3 is 2.28 bits per heavy atom. The lowest BCUT2D eigenvalue weighted by Crippen LogP contribution is -2.13. The summed E-state index contributed by atoms with van der Waals surface area (Å²) in [6.07, 6.45) is 4.11. The Bertz CT molecular complexity index is 465. The van der Waals surface area contributed by atoms with Crippen molar-refractivity contribution in [2.75, 3.05) is 6.54 Å². The van der Waals surface area contributed by atoms with Gasteiger partial charge in [0, 0.05) is 6.54 Å². The van der Waals surface area contributed by atoms with Crippen molar-refractivity contribution in [3.63, 3.8) is 0 Å². The molecule has 0 saturated heterocycles. The Balaban J connectivity index is 1.63. The van der Waals surface area contributed by atoms with Crippen molar-refractivity contribution in [3.8, 4) is 0 Å². The van der Waals surface area contributed by atoms with Gasteiger partial charge in [-0.05, 0) is 11.1 Å². The van der Waals surface area contributed by atoms with Crippen molar-refractivity contribution in [2.24, 2.45) is 0 Å². The molecule has 0 radical (unpaired) electrons. The molecule has 0 fully saturated rings. The van der Waals surface area contributed by atoms with E-state index in [-0.39, 0.29) is 0 Å². The molecular formula is C16H17NO. The molecule has 2 aromatic rings. The van der Waals surface area contributed by atoms with E-state index < -0.39 is 0 Å². The van der Waals surface area contributed by atoms with Crippen molar-refractivity contribution in [2.45, 2.75) is 6.61 Å². The van der Waals surface area contributed by atoms with E-state index in [9.17, 15) is 0 Å². The van der Waals surface area contributed by atoms with E-state index in [1.165, 1.54) is 5.56 Å². The molecule has 1 N–H and O–H groups in total. The lowest BCUT2D eigenvalue weighted by molar-refractivity contribution is 0.0353. The SMILES string of the molecule is C(=Cc1ccccc1)CNOCc1ccccc1. The molecule has 0 spiro atoms. The molecule has 0 amide bonds. The van der Waals surface area contributed by atoms with Gasteiger partial charge in [-0.3, -0.25) is 4.84 Å². The van der Waals surface area contributed by atoms with Crippen LogP contribution in [0.3, 0.4) is 0 Å². The normalized spacial score (nSPS) is 10.9. The van der Waals surface area contributed by atoms with Crippen LogP contribution in [0.25, 0.3) is 6.08 Å². The van der Waals surface area contributed by atoms with Gasteiger partial charge in [0.2, 0.25) is 0 Å². The zero-order chi connectivity index (χ0) is 12.5. The Morgan fingerprint density at radius 1 is 0.889 bits per heavy atom. The summed E-state index contributed by atoms with van der Waals surface area (Å²) in [5.41, 5.74) is 5.28. The van der Waals surface area contributed by atoms with Gasteiger partial charge in [-0.1, -0.05) is 72.8 Å². The second-order valence-corrected chi connectivity index (χ2v) is 3.94. The van der Waals surface area contributed by atoms with Gasteiger partial charge in [0.1, 0.15) is 0 Å². The Kier molecular flexibility index (Phi) is 5.18. The fraction of sp³-hybridized carbons (Fsp3) is 0.125. The molecule has 0 aromatic heterocycles. The monoisotopic (exact) mass is 239 g/mol. The van der Waals surface area contributed by atoms with Crippen LogP contribution in [0.2, 0.25) is 0 Å². The first kappa shape index (κ1) is 12.6. The number of rotatable bonds is 6. The highest BCUT2D eigenvalue weighted by Crippen LogP contribution is 2.00. The molecule has 0 aliphatic carbocycles. The third-order valence-electron chi connectivity index (χ3n) is 2.49. The summed E-state index contributed by atoms with van der Waals surface area (Å²) < 4.78 is 0. The molecule has 2 heteroatoms. The topological polar surface area (TPSA) is 21.3 Å². The molecule has 0 aliphatic heterocycles. The van der Waals surface area contributed by atoms with Crippen LogP contribution in [-0.2, 0) is 11.4 Å². The van der Waals surface area contributed by atoms with Crippen LogP contribution in [0.5, 0.6) is 0 Å². The van der Waals surface area contributed by atoms with Gasteiger partial charge in [0.15, 0.2) is 0 Å². The van der Waals surface area contributed by atoms with E-state index in [1.807, 2.05) is 54.6 Å². The first-order valence-corrected chi connectivity index (χ1v) is 6.05. The zero-order valence-corrected chi connectivity index (χ0v) is 10.3. The maximum absolute atomic E-state index is 5.36. The van der Waals surface area contributed by atoms with Crippen molar-refractivity contribution < 1.29 is 4.84 Å². The van der Waals surface area contributed by atoms with Gasteiger partial charge in [-0.25, -0.2) is 0 Å². The lowest BCUT2D eigenvalue weighted by atomic mass is 10.2. The molecule has 0 saturated carbocycles. The maximum Gasteiger partial charge on any atom is 0.0933 e. The average Bonchev–Trinajstić information content (AvgIpc) is 2.45. The predicted molar refractivity (Wildman–Crippen MR) is 74.7 cm³/mol. The summed E-state index contributed by atoms with van der Waals surface area (Å²) >= 11 is 0. The molecule has 0 unspecified atom stereocenters. The number of hydrogen-bond acceptors (Lipinski definition) is 2. The van der Waals surface area contributed by atoms with Crippen LogP contribution in [0.1, 0.15) is 11.1 Å². The smallest absolute Gasteiger partial charge is 0.0933 e. The first-order valence-electron chi connectivity index (χ1n) is 6.05. The number of benzene rings is 2. The van der Waals surface area contributed by atoms with Gasteiger partial charge in [0.05, 0.1) is 6.61 Å². The van der Waals surface area contributed by atoms with Crippen LogP contribution in [0, 0.1) is 0 Å². The molecule has 2 rings (SSSR count). The van der Waals surface area contributed by atoms with Crippen molar-refractivity contribution in [3.05, 3.63) is 77.9 Å². The van der Waals surface area contributed by atoms with E-state index in [2.05, 4.69) is 23.7 Å². The molecule has 0 heterocycles. The molecule has 2 aromatic carbocycles. The molecular weight excluding hydrogens is 222 g/mol. The van der Waals surface area contributed by atoms with Gasteiger partial charge in [0.25, 0.3) is 0 Å². The van der Waals surface area contributed by atoms with Crippen molar-refractivity contribution >= 4 is 6.08 Å². The quantitative estimate of drug-likeness (QED) is 0.616. The molecule has 2 nitrogen and oxygen atoms in total. The molecule has 0 atom stereocenters. The summed E-state index contributed by atoms with van der Waals surface area (Å²) in [6, 6.07) is 20.3. The molecule has 92 valence electrons. The van der Waals surface area contributed by atoms with Crippen LogP contribution in [0.15, 0.2) is 66.7 Å².